The van der Waals surface area contributed by atoms with E-state index < -0.39 is 18.0 Å². The van der Waals surface area contributed by atoms with Crippen LogP contribution in [0, 0.1) is 0 Å². The van der Waals surface area contributed by atoms with Gasteiger partial charge in [0.15, 0.2) is 28.7 Å². The van der Waals surface area contributed by atoms with Crippen molar-refractivity contribution >= 4 is 17.6 Å². The number of quaternary nitrogens is 2. The molecule has 0 aliphatic carbocycles. The van der Waals surface area contributed by atoms with Crippen LogP contribution in [0.1, 0.15) is 45.5 Å². The largest absolute Gasteiger partial charge is 0.544 e. The highest BCUT2D eigenvalue weighted by atomic mass is 16.5. The molecule has 4 aliphatic rings. The number of fused-ring (bicyclic) bond motifs is 2. The van der Waals surface area contributed by atoms with Crippen LogP contribution in [0.15, 0.2) is 60.7 Å². The third-order valence-corrected chi connectivity index (χ3v) is 11.5. The number of carboxylic acids is 2. The number of carboxylic acid groups (broad SMARTS) is 2. The highest BCUT2D eigenvalue weighted by molar-refractivity contribution is 5.71. The molecule has 0 spiro atoms. The van der Waals surface area contributed by atoms with E-state index in [2.05, 4.69) is 0 Å². The lowest BCUT2D eigenvalue weighted by Gasteiger charge is -2.47. The second kappa shape index (κ2) is 13.8. The number of hydrogen-bond donors (Lipinski definition) is 1. The van der Waals surface area contributed by atoms with Crippen molar-refractivity contribution in [3.63, 3.8) is 0 Å². The fraction of sp³-hybridized carbons (Fsp3) is 0.366. The van der Waals surface area contributed by atoms with Crippen LogP contribution in [0.4, 0.5) is 5.69 Å². The molecule has 0 saturated carbocycles. The molecule has 0 radical (unpaired) electrons. The van der Waals surface area contributed by atoms with Crippen molar-refractivity contribution in [3.05, 3.63) is 94.0 Å². The first-order valence-corrected chi connectivity index (χ1v) is 17.7. The molecule has 53 heavy (non-hydrogen) atoms. The Morgan fingerprint density at radius 3 is 1.92 bits per heavy atom. The van der Waals surface area contributed by atoms with Gasteiger partial charge in [0.25, 0.3) is 0 Å². The molecule has 0 fully saturated rings. The topological polar surface area (TPSA) is 152 Å². The normalized spacial score (nSPS) is 23.0. The van der Waals surface area contributed by atoms with E-state index in [0.29, 0.717) is 79.0 Å². The summed E-state index contributed by atoms with van der Waals surface area (Å²) in [5.74, 6) is 1.03. The van der Waals surface area contributed by atoms with Gasteiger partial charge in [0.1, 0.15) is 42.4 Å². The van der Waals surface area contributed by atoms with E-state index in [1.165, 1.54) is 0 Å². The zero-order valence-electron chi connectivity index (χ0n) is 30.7. The number of anilines is 1. The van der Waals surface area contributed by atoms with Gasteiger partial charge in [0, 0.05) is 31.2 Å². The minimum Gasteiger partial charge on any atom is -0.544 e. The van der Waals surface area contributed by atoms with Gasteiger partial charge in [-0.1, -0.05) is 18.2 Å². The SMILES string of the molecule is COc1ccc2cc1Oc1ccc(cc1)CC1c3cc(c(OC)cc3CC[N+]1(C)CC(=O)[O-])Oc1c(N)c(OC)cc3c1C(C2)[N+](C)(CC(=O)[O-])CC3. The van der Waals surface area contributed by atoms with E-state index in [9.17, 15) is 19.8 Å². The van der Waals surface area contributed by atoms with Crippen LogP contribution < -0.4 is 39.6 Å². The Morgan fingerprint density at radius 1 is 0.717 bits per heavy atom. The predicted octanol–water partition coefficient (Wildman–Crippen LogP) is 3.27. The van der Waals surface area contributed by atoms with Gasteiger partial charge >= 0.3 is 0 Å². The minimum atomic E-state index is -1.17. The van der Waals surface area contributed by atoms with Crippen molar-refractivity contribution in [1.29, 1.82) is 0 Å². The number of nitrogen functional groups attached to an aromatic ring is 1. The molecule has 4 atom stereocenters. The quantitative estimate of drug-likeness (QED) is 0.222. The Labute approximate surface area is 309 Å². The fourth-order valence-electron chi connectivity index (χ4n) is 8.59. The number of ether oxygens (including phenoxy) is 5. The molecule has 278 valence electrons. The van der Waals surface area contributed by atoms with Crippen molar-refractivity contribution in [2.24, 2.45) is 0 Å². The molecule has 4 heterocycles. The summed E-state index contributed by atoms with van der Waals surface area (Å²) >= 11 is 0. The molecular formula is C41H45N3O9. The molecule has 4 unspecified atom stereocenters. The molecule has 0 aromatic heterocycles. The van der Waals surface area contributed by atoms with E-state index in [4.69, 9.17) is 29.4 Å². The molecule has 8 rings (SSSR count). The Balaban J connectivity index is 1.50. The number of nitrogens with two attached hydrogens (primary N) is 1. The maximum atomic E-state index is 12.3. The Bertz CT molecular complexity index is 2080. The van der Waals surface area contributed by atoms with E-state index in [0.717, 1.165) is 33.4 Å². The first-order chi connectivity index (χ1) is 25.3. The minimum absolute atomic E-state index is 0.129. The fourth-order valence-corrected chi connectivity index (χ4v) is 8.59. The summed E-state index contributed by atoms with van der Waals surface area (Å²) in [5.41, 5.74) is 12.7. The van der Waals surface area contributed by atoms with Crippen LogP contribution in [-0.2, 0) is 35.3 Å². The third kappa shape index (κ3) is 6.68. The first-order valence-electron chi connectivity index (χ1n) is 17.7. The maximum absolute atomic E-state index is 12.3. The molecule has 12 heteroatoms. The third-order valence-electron chi connectivity index (χ3n) is 11.5. The Morgan fingerprint density at radius 2 is 1.28 bits per heavy atom. The summed E-state index contributed by atoms with van der Waals surface area (Å²) in [6.07, 6.45) is 2.09. The molecular weight excluding hydrogens is 678 g/mol. The lowest BCUT2D eigenvalue weighted by molar-refractivity contribution is -0.936. The van der Waals surface area contributed by atoms with Gasteiger partial charge < -0.3 is 58.2 Å². The Hall–Kier alpha value is -5.46. The van der Waals surface area contributed by atoms with Crippen LogP contribution in [-0.4, -0.2) is 82.5 Å². The number of carbonyl (C=O) groups is 2. The summed E-state index contributed by atoms with van der Waals surface area (Å²) in [7, 11) is 8.58. The van der Waals surface area contributed by atoms with Crippen LogP contribution in [0.5, 0.6) is 40.2 Å². The van der Waals surface area contributed by atoms with Gasteiger partial charge in [0.2, 0.25) is 0 Å². The number of methoxy groups -OCH3 is 3. The highest BCUT2D eigenvalue weighted by Gasteiger charge is 2.44. The molecule has 12 nitrogen and oxygen atoms in total. The van der Waals surface area contributed by atoms with E-state index in [1.54, 1.807) is 21.3 Å². The van der Waals surface area contributed by atoms with Crippen LogP contribution >= 0.6 is 0 Å². The van der Waals surface area contributed by atoms with Crippen molar-refractivity contribution in [1.82, 2.24) is 0 Å². The van der Waals surface area contributed by atoms with Crippen molar-refractivity contribution in [3.8, 4) is 40.2 Å². The standard InChI is InChI=1S/C41H45N3O9/c1-43(22-37(45)46)14-12-26-19-33(50-4)35-21-29(26)30(43)16-24-6-9-28(10-7-24)52-34-18-25(8-11-32(34)49-3)17-31-39-27(13-15-44(31,2)23-38(47)48)20-36(51-5)40(42)41(39)53-35/h6-11,18-21,30-31H,12-17,22-23,42H2,1-5H3. The van der Waals surface area contributed by atoms with Gasteiger partial charge in [-0.05, 0) is 64.7 Å². The molecule has 4 aliphatic heterocycles. The van der Waals surface area contributed by atoms with Crippen molar-refractivity contribution in [2.45, 2.75) is 37.8 Å². The number of hydrogen-bond acceptors (Lipinski definition) is 10. The molecule has 4 aromatic rings. The molecule has 4 aromatic carbocycles. The van der Waals surface area contributed by atoms with Gasteiger partial charge in [-0.25, -0.2) is 0 Å². The zero-order chi connectivity index (χ0) is 37.7. The number of nitrogens with zero attached hydrogens (tertiary/aromatic N) is 2. The highest BCUT2D eigenvalue weighted by Crippen LogP contribution is 2.52. The molecule has 0 amide bonds. The van der Waals surface area contributed by atoms with Crippen LogP contribution in [0.2, 0.25) is 0 Å². The molecule has 6 bridgehead atoms. The summed E-state index contributed by atoms with van der Waals surface area (Å²) in [6.45, 7) is 0.693. The Kier molecular flexibility index (Phi) is 9.37. The lowest BCUT2D eigenvalue weighted by atomic mass is 9.85. The number of rotatable bonds is 7. The van der Waals surface area contributed by atoms with Crippen molar-refractivity contribution < 1.29 is 52.5 Å². The van der Waals surface area contributed by atoms with Gasteiger partial charge in [0.05, 0.1) is 66.0 Å². The second-order valence-electron chi connectivity index (χ2n) is 14.8. The zero-order valence-corrected chi connectivity index (χ0v) is 30.7. The predicted molar refractivity (Wildman–Crippen MR) is 192 cm³/mol. The van der Waals surface area contributed by atoms with Crippen LogP contribution in [0.3, 0.4) is 0 Å². The summed E-state index contributed by atoms with van der Waals surface area (Å²) in [6, 6.07) is 18.6. The lowest BCUT2D eigenvalue weighted by Crippen LogP contribution is -2.57. The number of carbonyl (C=O) groups excluding carboxylic acids is 2. The number of benzene rings is 4. The van der Waals surface area contributed by atoms with Gasteiger partial charge in [-0.2, -0.15) is 0 Å². The van der Waals surface area contributed by atoms with Crippen molar-refractivity contribution in [2.75, 3.05) is 67.3 Å². The number of likely N-dealkylation sites (N-methyl/N-ethyl adjacent to an activating group) is 2. The smallest absolute Gasteiger partial charge is 0.169 e. The second-order valence-corrected chi connectivity index (χ2v) is 14.8. The van der Waals surface area contributed by atoms with Gasteiger partial charge in [-0.3, -0.25) is 0 Å². The van der Waals surface area contributed by atoms with E-state index >= 15 is 0 Å². The summed E-state index contributed by atoms with van der Waals surface area (Å²) < 4.78 is 31.1. The van der Waals surface area contributed by atoms with E-state index in [-0.39, 0.29) is 33.8 Å². The molecule has 2 N–H and O–H groups in total. The first kappa shape index (κ1) is 35.9. The monoisotopic (exact) mass is 723 g/mol. The van der Waals surface area contributed by atoms with Gasteiger partial charge in [-0.15, -0.1) is 0 Å². The van der Waals surface area contributed by atoms with Crippen LogP contribution in [0.25, 0.3) is 0 Å². The average molecular weight is 724 g/mol. The molecule has 0 saturated heterocycles. The maximum Gasteiger partial charge on any atom is 0.169 e. The van der Waals surface area contributed by atoms with E-state index in [1.807, 2.05) is 74.8 Å². The summed E-state index contributed by atoms with van der Waals surface area (Å²) in [4.78, 5) is 24.5. The summed E-state index contributed by atoms with van der Waals surface area (Å²) in [5, 5.41) is 24.5. The number of aliphatic carboxylic acids is 2. The average Bonchev–Trinajstić information content (AvgIpc) is 3.11.